The topological polar surface area (TPSA) is 55.6 Å². The monoisotopic (exact) mass is 232 g/mol. The second-order valence-electron chi connectivity index (χ2n) is 3.14. The first-order valence-electron chi connectivity index (χ1n) is 5.25. The van der Waals surface area contributed by atoms with Gasteiger partial charge in [-0.1, -0.05) is 12.2 Å². The Labute approximate surface area is 96.8 Å². The van der Waals surface area contributed by atoms with Gasteiger partial charge in [0.1, 0.15) is 0 Å². The van der Waals surface area contributed by atoms with Crippen LogP contribution in [0.3, 0.4) is 0 Å². The molecule has 0 aliphatic heterocycles. The molecule has 0 aromatic carbocycles. The quantitative estimate of drug-likeness (QED) is 0.500. The molecule has 0 radical (unpaired) electrons. The first kappa shape index (κ1) is 14.3. The smallest absolute Gasteiger partial charge is 0.224 e. The van der Waals surface area contributed by atoms with Crippen LogP contribution in [0.15, 0.2) is 0 Å². The summed E-state index contributed by atoms with van der Waals surface area (Å²) >= 11 is 4.77. The van der Waals surface area contributed by atoms with Crippen molar-refractivity contribution in [3.05, 3.63) is 0 Å². The minimum absolute atomic E-state index is 0.0993. The van der Waals surface area contributed by atoms with Gasteiger partial charge in [-0.15, -0.1) is 0 Å². The average molecular weight is 232 g/mol. The lowest BCUT2D eigenvalue weighted by Crippen LogP contribution is -2.34. The molecule has 0 aliphatic rings. The van der Waals surface area contributed by atoms with Crippen LogP contribution in [0.4, 0.5) is 0 Å². The molecule has 0 atom stereocenters. The highest BCUT2D eigenvalue weighted by Crippen LogP contribution is 1.97. The lowest BCUT2D eigenvalue weighted by atomic mass is 10.3. The molecule has 0 rings (SSSR count). The van der Waals surface area contributed by atoms with Crippen LogP contribution in [0.5, 0.6) is 0 Å². The van der Waals surface area contributed by atoms with Crippen molar-refractivity contribution in [3.63, 3.8) is 0 Å². The number of thiocarbonyl (C=S) groups is 1. The third-order valence-corrected chi connectivity index (χ3v) is 2.23. The molecule has 0 spiro atoms. The number of rotatable bonds is 8. The Morgan fingerprint density at radius 2 is 2.07 bits per heavy atom. The Balaban J connectivity index is 3.82. The largest absolute Gasteiger partial charge is 0.393 e. The van der Waals surface area contributed by atoms with Gasteiger partial charge in [0.2, 0.25) is 5.91 Å². The van der Waals surface area contributed by atoms with E-state index in [0.29, 0.717) is 44.1 Å². The van der Waals surface area contributed by atoms with Crippen LogP contribution in [0.2, 0.25) is 0 Å². The van der Waals surface area contributed by atoms with E-state index in [4.69, 9.17) is 22.7 Å². The minimum Gasteiger partial charge on any atom is -0.393 e. The molecule has 0 bridgehead atoms. The molecule has 0 saturated heterocycles. The van der Waals surface area contributed by atoms with E-state index < -0.39 is 0 Å². The van der Waals surface area contributed by atoms with Gasteiger partial charge in [-0.25, -0.2) is 0 Å². The van der Waals surface area contributed by atoms with Crippen molar-refractivity contribution in [2.75, 3.05) is 26.3 Å². The summed E-state index contributed by atoms with van der Waals surface area (Å²) in [5.41, 5.74) is 5.39. The number of nitrogens with zero attached hydrogens (tertiary/aromatic N) is 1. The maximum Gasteiger partial charge on any atom is 0.224 e. The van der Waals surface area contributed by atoms with Crippen LogP contribution >= 0.6 is 12.2 Å². The van der Waals surface area contributed by atoms with Gasteiger partial charge in [0.15, 0.2) is 0 Å². The lowest BCUT2D eigenvalue weighted by molar-refractivity contribution is -0.132. The van der Waals surface area contributed by atoms with E-state index in [2.05, 4.69) is 0 Å². The summed E-state index contributed by atoms with van der Waals surface area (Å²) in [5.74, 6) is 0.0993. The number of hydrogen-bond acceptors (Lipinski definition) is 3. The van der Waals surface area contributed by atoms with Crippen molar-refractivity contribution < 1.29 is 9.53 Å². The van der Waals surface area contributed by atoms with Gasteiger partial charge in [0, 0.05) is 26.1 Å². The Bertz CT molecular complexity index is 210. The first-order valence-corrected chi connectivity index (χ1v) is 5.66. The maximum atomic E-state index is 11.6. The molecule has 5 heteroatoms. The van der Waals surface area contributed by atoms with Crippen molar-refractivity contribution in [2.24, 2.45) is 5.73 Å². The summed E-state index contributed by atoms with van der Waals surface area (Å²) < 4.78 is 5.13. The zero-order valence-corrected chi connectivity index (χ0v) is 10.3. The number of amides is 1. The molecule has 88 valence electrons. The van der Waals surface area contributed by atoms with Crippen LogP contribution in [-0.4, -0.2) is 42.1 Å². The zero-order valence-electron chi connectivity index (χ0n) is 9.49. The highest BCUT2D eigenvalue weighted by molar-refractivity contribution is 7.80. The van der Waals surface area contributed by atoms with Crippen LogP contribution in [0, 0.1) is 0 Å². The van der Waals surface area contributed by atoms with Gasteiger partial charge in [0.05, 0.1) is 18.0 Å². The lowest BCUT2D eigenvalue weighted by Gasteiger charge is -2.20. The minimum atomic E-state index is 0.0993. The maximum absolute atomic E-state index is 11.6. The standard InChI is InChI=1S/C10H20N2O2S/c1-3-12(7-5-9(11)15)10(13)6-8-14-4-2/h3-8H2,1-2H3,(H2,11,15). The SMILES string of the molecule is CCOCCC(=O)N(CC)CCC(N)=S. The predicted molar refractivity (Wildman–Crippen MR) is 64.8 cm³/mol. The normalized spacial score (nSPS) is 10.0. The number of carbonyl (C=O) groups excluding carboxylic acids is 1. The fourth-order valence-electron chi connectivity index (χ4n) is 1.17. The Kier molecular flexibility index (Phi) is 8.22. The van der Waals surface area contributed by atoms with Crippen molar-refractivity contribution in [2.45, 2.75) is 26.7 Å². The number of nitrogens with two attached hydrogens (primary N) is 1. The molecule has 1 amide bonds. The molecule has 0 fully saturated rings. The number of ether oxygens (including phenoxy) is 1. The molecule has 0 saturated carbocycles. The molecule has 0 heterocycles. The van der Waals surface area contributed by atoms with Gasteiger partial charge in [-0.05, 0) is 13.8 Å². The molecule has 0 unspecified atom stereocenters. The molecular weight excluding hydrogens is 212 g/mol. The van der Waals surface area contributed by atoms with E-state index in [1.54, 1.807) is 4.90 Å². The number of hydrogen-bond donors (Lipinski definition) is 1. The second kappa shape index (κ2) is 8.61. The first-order chi connectivity index (χ1) is 7.11. The van der Waals surface area contributed by atoms with E-state index in [1.807, 2.05) is 13.8 Å². The van der Waals surface area contributed by atoms with Crippen LogP contribution in [0.1, 0.15) is 26.7 Å². The molecule has 0 aromatic rings. The highest BCUT2D eigenvalue weighted by Gasteiger charge is 2.10. The Morgan fingerprint density at radius 3 is 2.53 bits per heavy atom. The number of carbonyl (C=O) groups is 1. The predicted octanol–water partition coefficient (Wildman–Crippen LogP) is 0.938. The van der Waals surface area contributed by atoms with Crippen molar-refractivity contribution in [3.8, 4) is 0 Å². The van der Waals surface area contributed by atoms with E-state index in [0.717, 1.165) is 0 Å². The summed E-state index contributed by atoms with van der Waals surface area (Å²) in [6, 6.07) is 0. The molecule has 0 aromatic heterocycles. The van der Waals surface area contributed by atoms with Gasteiger partial charge >= 0.3 is 0 Å². The van der Waals surface area contributed by atoms with Gasteiger partial charge < -0.3 is 15.4 Å². The van der Waals surface area contributed by atoms with Gasteiger partial charge in [-0.2, -0.15) is 0 Å². The van der Waals surface area contributed by atoms with Crippen molar-refractivity contribution in [1.82, 2.24) is 4.90 Å². The summed E-state index contributed by atoms with van der Waals surface area (Å²) in [5, 5.41) is 0. The fraction of sp³-hybridized carbons (Fsp3) is 0.800. The van der Waals surface area contributed by atoms with Gasteiger partial charge in [-0.3, -0.25) is 4.79 Å². The fourth-order valence-corrected chi connectivity index (χ4v) is 1.26. The van der Waals surface area contributed by atoms with E-state index in [9.17, 15) is 4.79 Å². The second-order valence-corrected chi connectivity index (χ2v) is 3.66. The molecule has 2 N–H and O–H groups in total. The molecule has 4 nitrogen and oxygen atoms in total. The summed E-state index contributed by atoms with van der Waals surface area (Å²) in [7, 11) is 0. The van der Waals surface area contributed by atoms with Crippen molar-refractivity contribution >= 4 is 23.1 Å². The van der Waals surface area contributed by atoms with Gasteiger partial charge in [0.25, 0.3) is 0 Å². The summed E-state index contributed by atoms with van der Waals surface area (Å²) in [6.45, 7) is 6.28. The van der Waals surface area contributed by atoms with Crippen molar-refractivity contribution in [1.29, 1.82) is 0 Å². The third-order valence-electron chi connectivity index (χ3n) is 2.03. The summed E-state index contributed by atoms with van der Waals surface area (Å²) in [4.78, 5) is 13.8. The summed E-state index contributed by atoms with van der Waals surface area (Å²) in [6.07, 6.45) is 1.02. The zero-order chi connectivity index (χ0) is 11.7. The third kappa shape index (κ3) is 7.27. The van der Waals surface area contributed by atoms with E-state index >= 15 is 0 Å². The van der Waals surface area contributed by atoms with E-state index in [-0.39, 0.29) is 5.91 Å². The van der Waals surface area contributed by atoms with Crippen LogP contribution in [-0.2, 0) is 9.53 Å². The van der Waals surface area contributed by atoms with Crippen LogP contribution < -0.4 is 5.73 Å². The van der Waals surface area contributed by atoms with Crippen LogP contribution in [0.25, 0.3) is 0 Å². The average Bonchev–Trinajstić information content (AvgIpc) is 2.18. The Hall–Kier alpha value is -0.680. The Morgan fingerprint density at radius 1 is 1.40 bits per heavy atom. The molecule has 15 heavy (non-hydrogen) atoms. The highest BCUT2D eigenvalue weighted by atomic mass is 32.1. The molecule has 0 aliphatic carbocycles. The molecular formula is C10H20N2O2S. The van der Waals surface area contributed by atoms with E-state index in [1.165, 1.54) is 0 Å².